The van der Waals surface area contributed by atoms with Crippen molar-refractivity contribution in [3.05, 3.63) is 39.8 Å². The molecule has 123 valence electrons. The number of nitrogens with one attached hydrogen (secondary N) is 1. The molecule has 2 aromatic heterocycles. The first-order valence-corrected chi connectivity index (χ1v) is 7.88. The minimum atomic E-state index is -0.587. The average molecular weight is 316 g/mol. The Morgan fingerprint density at radius 2 is 2.09 bits per heavy atom. The standard InChI is InChI=1S/C16H22N5O2/c1-10(2)9-20-5-3-11(4-6-20)13-7-14(22)19-16-12(15(17)23)8-18-21(13)16/h7-8,11H,3-6,9H2,1-2H3,(H2,17,23)(H,19,22). The van der Waals surface area contributed by atoms with Crippen LogP contribution < -0.4 is 11.3 Å². The van der Waals surface area contributed by atoms with Crippen molar-refractivity contribution in [2.75, 3.05) is 19.6 Å². The lowest BCUT2D eigenvalue weighted by Crippen LogP contribution is -2.35. The number of aromatic nitrogens is 3. The van der Waals surface area contributed by atoms with Crippen molar-refractivity contribution in [1.82, 2.24) is 19.5 Å². The molecule has 0 unspecified atom stereocenters. The number of fused-ring (bicyclic) bond motifs is 1. The highest BCUT2D eigenvalue weighted by Gasteiger charge is 2.24. The van der Waals surface area contributed by atoms with Crippen LogP contribution in [-0.2, 0) is 0 Å². The maximum atomic E-state index is 12.0. The van der Waals surface area contributed by atoms with Gasteiger partial charge in [-0.25, -0.2) is 4.52 Å². The van der Waals surface area contributed by atoms with Gasteiger partial charge in [0.25, 0.3) is 11.5 Å². The third-order valence-corrected chi connectivity index (χ3v) is 4.35. The number of rotatable bonds is 4. The van der Waals surface area contributed by atoms with E-state index in [-0.39, 0.29) is 17.0 Å². The Bertz CT molecular complexity index is 768. The zero-order valence-electron chi connectivity index (χ0n) is 13.5. The van der Waals surface area contributed by atoms with E-state index in [1.165, 1.54) is 12.1 Å². The molecule has 23 heavy (non-hydrogen) atoms. The molecule has 0 aromatic carbocycles. The van der Waals surface area contributed by atoms with Crippen LogP contribution in [0.15, 0.2) is 17.1 Å². The lowest BCUT2D eigenvalue weighted by atomic mass is 9.92. The van der Waals surface area contributed by atoms with E-state index in [0.29, 0.717) is 5.65 Å². The van der Waals surface area contributed by atoms with E-state index in [9.17, 15) is 9.59 Å². The molecular weight excluding hydrogens is 294 g/mol. The largest absolute Gasteiger partial charge is 0.365 e. The van der Waals surface area contributed by atoms with Gasteiger partial charge in [-0.2, -0.15) is 5.10 Å². The summed E-state index contributed by atoms with van der Waals surface area (Å²) in [6, 6.07) is 1.59. The van der Waals surface area contributed by atoms with E-state index < -0.39 is 5.91 Å². The average Bonchev–Trinajstić information content (AvgIpc) is 2.90. The van der Waals surface area contributed by atoms with Gasteiger partial charge in [0.1, 0.15) is 11.2 Å². The van der Waals surface area contributed by atoms with Crippen LogP contribution in [0.1, 0.15) is 48.7 Å². The highest BCUT2D eigenvalue weighted by molar-refractivity contribution is 5.98. The monoisotopic (exact) mass is 316 g/mol. The summed E-state index contributed by atoms with van der Waals surface area (Å²) in [6.45, 7) is 7.29. The van der Waals surface area contributed by atoms with E-state index >= 15 is 0 Å². The lowest BCUT2D eigenvalue weighted by molar-refractivity contribution is 0.100. The van der Waals surface area contributed by atoms with Gasteiger partial charge in [0.2, 0.25) is 0 Å². The summed E-state index contributed by atoms with van der Waals surface area (Å²) >= 11 is 0. The Kier molecular flexibility index (Phi) is 4.21. The summed E-state index contributed by atoms with van der Waals surface area (Å²) in [5, 5.41) is 4.25. The van der Waals surface area contributed by atoms with Gasteiger partial charge >= 0.3 is 0 Å². The second kappa shape index (κ2) is 6.16. The van der Waals surface area contributed by atoms with Crippen LogP contribution in [0.25, 0.3) is 5.65 Å². The minimum absolute atomic E-state index is 0.226. The van der Waals surface area contributed by atoms with E-state index in [4.69, 9.17) is 5.73 Å². The topological polar surface area (TPSA) is 96.5 Å². The number of aromatic amines is 1. The molecule has 2 aromatic rings. The van der Waals surface area contributed by atoms with Crippen LogP contribution in [0, 0.1) is 5.92 Å². The smallest absolute Gasteiger partial charge is 0.254 e. The first-order chi connectivity index (χ1) is 11.0. The lowest BCUT2D eigenvalue weighted by Gasteiger charge is -2.32. The number of hydrogen-bond donors (Lipinski definition) is 2. The number of amides is 1. The van der Waals surface area contributed by atoms with Crippen LogP contribution in [0.3, 0.4) is 0 Å². The van der Waals surface area contributed by atoms with Crippen molar-refractivity contribution >= 4 is 11.6 Å². The Balaban J connectivity index is 1.89. The first-order valence-electron chi connectivity index (χ1n) is 7.88. The minimum Gasteiger partial charge on any atom is -0.365 e. The van der Waals surface area contributed by atoms with Crippen LogP contribution in [0.4, 0.5) is 0 Å². The molecule has 0 saturated carbocycles. The summed E-state index contributed by atoms with van der Waals surface area (Å²) < 4.78 is 1.65. The molecule has 1 aliphatic heterocycles. The number of primary amides is 1. The number of carbonyl (C=O) groups is 1. The summed E-state index contributed by atoms with van der Waals surface area (Å²) in [6.07, 6.45) is 3.36. The van der Waals surface area contributed by atoms with Crippen molar-refractivity contribution in [2.24, 2.45) is 5.73 Å². The van der Waals surface area contributed by atoms with Gasteiger partial charge in [0.05, 0.1) is 11.9 Å². The molecule has 3 rings (SSSR count). The van der Waals surface area contributed by atoms with Gasteiger partial charge in [0.15, 0.2) is 0 Å². The molecule has 1 amide bonds. The van der Waals surface area contributed by atoms with E-state index in [1.54, 1.807) is 10.6 Å². The molecule has 3 heterocycles. The fourth-order valence-electron chi connectivity index (χ4n) is 3.32. The molecule has 1 aliphatic rings. The van der Waals surface area contributed by atoms with Crippen molar-refractivity contribution in [2.45, 2.75) is 32.6 Å². The molecule has 1 saturated heterocycles. The van der Waals surface area contributed by atoms with Crippen molar-refractivity contribution in [1.29, 1.82) is 0 Å². The number of H-pyrrole nitrogens is 1. The molecule has 1 radical (unpaired) electrons. The zero-order chi connectivity index (χ0) is 16.6. The quantitative estimate of drug-likeness (QED) is 0.876. The molecule has 0 spiro atoms. The van der Waals surface area contributed by atoms with Gasteiger partial charge < -0.3 is 15.6 Å². The third-order valence-electron chi connectivity index (χ3n) is 4.35. The number of hydrogen-bond acceptors (Lipinski definition) is 4. The number of carbonyl (C=O) groups excluding carboxylic acids is 1. The van der Waals surface area contributed by atoms with Gasteiger partial charge in [-0.15, -0.1) is 0 Å². The van der Waals surface area contributed by atoms with Crippen molar-refractivity contribution in [3.63, 3.8) is 0 Å². The van der Waals surface area contributed by atoms with Gasteiger partial charge in [-0.1, -0.05) is 13.8 Å². The summed E-state index contributed by atoms with van der Waals surface area (Å²) in [5.41, 5.74) is 6.61. The van der Waals surface area contributed by atoms with Crippen molar-refractivity contribution < 1.29 is 4.79 Å². The molecule has 7 heteroatoms. The number of piperidine rings is 1. The second-order valence-electron chi connectivity index (χ2n) is 6.50. The Hall–Kier alpha value is -2.15. The summed E-state index contributed by atoms with van der Waals surface area (Å²) in [4.78, 5) is 28.5. The molecule has 0 aliphatic carbocycles. The molecule has 0 bridgehead atoms. The molecule has 0 atom stereocenters. The van der Waals surface area contributed by atoms with Gasteiger partial charge in [-0.3, -0.25) is 9.59 Å². The normalized spacial score (nSPS) is 17.2. The Morgan fingerprint density at radius 1 is 1.39 bits per heavy atom. The van der Waals surface area contributed by atoms with E-state index in [1.807, 2.05) is 0 Å². The highest BCUT2D eigenvalue weighted by atomic mass is 16.1. The predicted molar refractivity (Wildman–Crippen MR) is 87.3 cm³/mol. The van der Waals surface area contributed by atoms with E-state index in [2.05, 4.69) is 28.8 Å². The van der Waals surface area contributed by atoms with E-state index in [0.717, 1.165) is 38.2 Å². The SMILES string of the molecule is C[C](C)CN1CCC(c2cc(=O)[nH]c3c(C(N)=O)cnn23)CC1. The highest BCUT2D eigenvalue weighted by Crippen LogP contribution is 2.28. The molecule has 7 nitrogen and oxygen atoms in total. The fourth-order valence-corrected chi connectivity index (χ4v) is 3.32. The maximum Gasteiger partial charge on any atom is 0.254 e. The summed E-state index contributed by atoms with van der Waals surface area (Å²) in [7, 11) is 0. The Morgan fingerprint density at radius 3 is 2.70 bits per heavy atom. The second-order valence-corrected chi connectivity index (χ2v) is 6.50. The Labute approximate surface area is 134 Å². The number of likely N-dealkylation sites (tertiary alicyclic amines) is 1. The van der Waals surface area contributed by atoms with Gasteiger partial charge in [-0.05, 0) is 31.8 Å². The fraction of sp³-hybridized carbons (Fsp3) is 0.500. The van der Waals surface area contributed by atoms with Crippen LogP contribution >= 0.6 is 0 Å². The zero-order valence-corrected chi connectivity index (χ0v) is 13.5. The summed E-state index contributed by atoms with van der Waals surface area (Å²) in [5.74, 6) is 1.07. The molecule has 1 fully saturated rings. The maximum absolute atomic E-state index is 12.0. The van der Waals surface area contributed by atoms with Crippen LogP contribution in [-0.4, -0.2) is 45.0 Å². The third kappa shape index (κ3) is 3.14. The van der Waals surface area contributed by atoms with Gasteiger partial charge in [0, 0.05) is 18.5 Å². The van der Waals surface area contributed by atoms with Crippen molar-refractivity contribution in [3.8, 4) is 0 Å². The van der Waals surface area contributed by atoms with Crippen LogP contribution in [0.2, 0.25) is 0 Å². The predicted octanol–water partition coefficient (Wildman–Crippen LogP) is 0.915. The number of nitrogens with two attached hydrogens (primary N) is 1. The molecule has 3 N–H and O–H groups in total. The molecular formula is C16H22N5O2. The number of nitrogens with zero attached hydrogens (tertiary/aromatic N) is 3. The van der Waals surface area contributed by atoms with Crippen LogP contribution in [0.5, 0.6) is 0 Å². The first kappa shape index (κ1) is 15.7.